The third kappa shape index (κ3) is 9.09. The standard InChI is InChI=1S/C36H43ClF3N4O5S2/c1-23(34(45)49-8)42(16-9-17-44(4,5)6)51(46,47)27-19-30(39)28(31(40)20-27)22-50-35-41-21-33(43(35)26-13-11-25(38)12-14-26)36(2,3)24-10-15-29(37)32(18-24)48-7/h10-15,18-21,23H,9,16-17,22H2,1-8H3/q+1/t23-/m1/s1. The summed E-state index contributed by atoms with van der Waals surface area (Å²) in [7, 11) is 3.95. The largest absolute Gasteiger partial charge is 0.495 e. The molecule has 0 aliphatic rings. The first-order valence-electron chi connectivity index (χ1n) is 16.0. The molecule has 0 unspecified atom stereocenters. The Morgan fingerprint density at radius 1 is 1.04 bits per heavy atom. The first kappa shape index (κ1) is 40.2. The number of ether oxygens (including phenoxy) is 2. The summed E-state index contributed by atoms with van der Waals surface area (Å²) in [4.78, 5) is 16.4. The topological polar surface area (TPSA) is 90.7 Å². The summed E-state index contributed by atoms with van der Waals surface area (Å²) in [6.07, 6.45) is 2.03. The zero-order valence-corrected chi connectivity index (χ0v) is 32.2. The van der Waals surface area contributed by atoms with Gasteiger partial charge in [0.15, 0.2) is 5.16 Å². The van der Waals surface area contributed by atoms with Crippen LogP contribution in [0.1, 0.15) is 44.0 Å². The molecular weight excluding hydrogens is 725 g/mol. The molecule has 276 valence electrons. The van der Waals surface area contributed by atoms with Gasteiger partial charge in [-0.3, -0.25) is 9.36 Å². The van der Waals surface area contributed by atoms with Gasteiger partial charge < -0.3 is 14.0 Å². The van der Waals surface area contributed by atoms with Crippen LogP contribution in [-0.2, 0) is 30.7 Å². The van der Waals surface area contributed by atoms with Crippen LogP contribution in [0.3, 0.4) is 0 Å². The average molecular weight is 768 g/mol. The monoisotopic (exact) mass is 767 g/mol. The SMILES string of the molecule is COC(=O)[C@@H](C)N(CCC[N+](C)(C)C)S(=O)(=O)c1cc(F)c(CSc2ncc(C(C)(C)c3ccc(Cl)c(OC)c3)n2-c2ccc(F)cc2)c(F)c1. The minimum Gasteiger partial charge on any atom is -0.495 e. The molecule has 0 saturated heterocycles. The van der Waals surface area contributed by atoms with Crippen molar-refractivity contribution in [2.45, 2.75) is 54.5 Å². The first-order valence-corrected chi connectivity index (χ1v) is 18.8. The number of nitrogens with zero attached hydrogens (tertiary/aromatic N) is 4. The Balaban J connectivity index is 1.70. The molecule has 0 fully saturated rings. The summed E-state index contributed by atoms with van der Waals surface area (Å²) in [6, 6.07) is 11.4. The number of esters is 1. The molecule has 3 aromatic carbocycles. The highest BCUT2D eigenvalue weighted by Crippen LogP contribution is 2.39. The Kier molecular flexibility index (Phi) is 12.6. The smallest absolute Gasteiger partial charge is 0.323 e. The number of rotatable bonds is 15. The Labute approximate surface area is 307 Å². The maximum atomic E-state index is 15.7. The van der Waals surface area contributed by atoms with Crippen LogP contribution in [0.5, 0.6) is 5.75 Å². The van der Waals surface area contributed by atoms with E-state index in [1.54, 1.807) is 29.0 Å². The molecule has 0 bridgehead atoms. The van der Waals surface area contributed by atoms with Crippen LogP contribution in [0, 0.1) is 17.5 Å². The molecule has 15 heteroatoms. The molecule has 1 heterocycles. The van der Waals surface area contributed by atoms with E-state index in [9.17, 15) is 17.6 Å². The van der Waals surface area contributed by atoms with Gasteiger partial charge in [-0.05, 0) is 61.0 Å². The van der Waals surface area contributed by atoms with Crippen LogP contribution < -0.4 is 4.74 Å². The van der Waals surface area contributed by atoms with Crippen LogP contribution in [0.15, 0.2) is 70.8 Å². The quantitative estimate of drug-likeness (QED) is 0.0718. The third-order valence-corrected chi connectivity index (χ3v) is 11.8. The number of sulfonamides is 1. The molecule has 1 aromatic heterocycles. The zero-order chi connectivity index (χ0) is 37.9. The van der Waals surface area contributed by atoms with Crippen molar-refractivity contribution in [1.82, 2.24) is 13.9 Å². The lowest BCUT2D eigenvalue weighted by Crippen LogP contribution is -2.46. The minimum atomic E-state index is -4.52. The highest BCUT2D eigenvalue weighted by molar-refractivity contribution is 7.98. The van der Waals surface area contributed by atoms with E-state index in [-0.39, 0.29) is 17.9 Å². The second-order valence-corrected chi connectivity index (χ2v) is 16.8. The van der Waals surface area contributed by atoms with Gasteiger partial charge in [0, 0.05) is 35.4 Å². The normalized spacial score (nSPS) is 13.0. The number of thioether (sulfide) groups is 1. The lowest BCUT2D eigenvalue weighted by atomic mass is 9.81. The third-order valence-electron chi connectivity index (χ3n) is 8.58. The summed E-state index contributed by atoms with van der Waals surface area (Å²) in [5.41, 5.74) is 1.02. The molecule has 4 aromatic rings. The van der Waals surface area contributed by atoms with E-state index < -0.39 is 49.8 Å². The number of hydrogen-bond donors (Lipinski definition) is 0. The number of hydrogen-bond acceptors (Lipinski definition) is 7. The number of carbonyl (C=O) groups is 1. The van der Waals surface area contributed by atoms with Gasteiger partial charge in [0.2, 0.25) is 10.0 Å². The second-order valence-electron chi connectivity index (χ2n) is 13.5. The van der Waals surface area contributed by atoms with E-state index in [1.165, 1.54) is 26.2 Å². The summed E-state index contributed by atoms with van der Waals surface area (Å²) in [5.74, 6) is -3.17. The molecule has 0 saturated carbocycles. The molecule has 0 spiro atoms. The van der Waals surface area contributed by atoms with E-state index >= 15 is 8.78 Å². The molecule has 0 aliphatic carbocycles. The highest BCUT2D eigenvalue weighted by atomic mass is 35.5. The first-order chi connectivity index (χ1) is 23.8. The lowest BCUT2D eigenvalue weighted by molar-refractivity contribution is -0.870. The fourth-order valence-electron chi connectivity index (χ4n) is 5.56. The maximum absolute atomic E-state index is 15.7. The van der Waals surface area contributed by atoms with Gasteiger partial charge >= 0.3 is 5.97 Å². The lowest BCUT2D eigenvalue weighted by Gasteiger charge is -2.29. The molecule has 0 aliphatic heterocycles. The maximum Gasteiger partial charge on any atom is 0.323 e. The average Bonchev–Trinajstić information content (AvgIpc) is 3.50. The van der Waals surface area contributed by atoms with Gasteiger partial charge in [-0.2, -0.15) is 4.31 Å². The molecule has 1 atom stereocenters. The van der Waals surface area contributed by atoms with E-state index in [2.05, 4.69) is 4.98 Å². The molecule has 51 heavy (non-hydrogen) atoms. The zero-order valence-electron chi connectivity index (χ0n) is 29.8. The Hall–Kier alpha value is -3.56. The van der Waals surface area contributed by atoms with Crippen LogP contribution in [0.25, 0.3) is 5.69 Å². The molecule has 4 rings (SSSR count). The molecular formula is C36H43ClF3N4O5S2+. The molecule has 0 radical (unpaired) electrons. The Morgan fingerprint density at radius 3 is 2.24 bits per heavy atom. The Morgan fingerprint density at radius 2 is 1.67 bits per heavy atom. The summed E-state index contributed by atoms with van der Waals surface area (Å²) in [6.45, 7) is 5.82. The summed E-state index contributed by atoms with van der Waals surface area (Å²) >= 11 is 7.31. The van der Waals surface area contributed by atoms with Crippen molar-refractivity contribution in [2.75, 3.05) is 48.5 Å². The minimum absolute atomic E-state index is 0.0670. The molecule has 0 N–H and O–H groups in total. The van der Waals surface area contributed by atoms with Crippen molar-refractivity contribution in [1.29, 1.82) is 0 Å². The second kappa shape index (κ2) is 16.0. The van der Waals surface area contributed by atoms with Crippen molar-refractivity contribution in [3.8, 4) is 11.4 Å². The Bertz CT molecular complexity index is 1960. The number of halogens is 4. The van der Waals surface area contributed by atoms with Crippen LogP contribution >= 0.6 is 23.4 Å². The number of carbonyl (C=O) groups excluding carboxylic acids is 1. The fraction of sp³-hybridized carbons (Fsp3) is 0.389. The van der Waals surface area contributed by atoms with Crippen molar-refractivity contribution in [2.24, 2.45) is 0 Å². The van der Waals surface area contributed by atoms with Gasteiger partial charge in [0.05, 0.1) is 63.7 Å². The van der Waals surface area contributed by atoms with Crippen molar-refractivity contribution in [3.63, 3.8) is 0 Å². The fourth-order valence-corrected chi connectivity index (χ4v) is 8.41. The van der Waals surface area contributed by atoms with E-state index in [4.69, 9.17) is 21.1 Å². The van der Waals surface area contributed by atoms with Crippen LogP contribution in [0.4, 0.5) is 13.2 Å². The number of methoxy groups -OCH3 is 2. The van der Waals surface area contributed by atoms with Gasteiger partial charge in [-0.1, -0.05) is 43.3 Å². The van der Waals surface area contributed by atoms with E-state index in [1.807, 2.05) is 47.1 Å². The molecule has 0 amide bonds. The van der Waals surface area contributed by atoms with Crippen LogP contribution in [0.2, 0.25) is 5.02 Å². The highest BCUT2D eigenvalue weighted by Gasteiger charge is 2.35. The van der Waals surface area contributed by atoms with Gasteiger partial charge in [-0.15, -0.1) is 0 Å². The number of imidazole rings is 1. The van der Waals surface area contributed by atoms with Crippen molar-refractivity contribution < 1.29 is 40.3 Å². The number of quaternary nitrogens is 1. The number of benzene rings is 3. The number of aromatic nitrogens is 2. The van der Waals surface area contributed by atoms with Crippen LogP contribution in [-0.4, -0.2) is 87.2 Å². The predicted molar refractivity (Wildman–Crippen MR) is 192 cm³/mol. The van der Waals surface area contributed by atoms with Gasteiger partial charge in [-0.25, -0.2) is 26.6 Å². The summed E-state index contributed by atoms with van der Waals surface area (Å²) in [5, 5.41) is 0.796. The predicted octanol–water partition coefficient (Wildman–Crippen LogP) is 7.22. The van der Waals surface area contributed by atoms with Gasteiger partial charge in [0.25, 0.3) is 0 Å². The van der Waals surface area contributed by atoms with Crippen molar-refractivity contribution in [3.05, 3.63) is 100 Å². The van der Waals surface area contributed by atoms with E-state index in [0.29, 0.717) is 44.8 Å². The summed E-state index contributed by atoms with van der Waals surface area (Å²) < 4.78 is 86.4. The molecule has 9 nitrogen and oxygen atoms in total. The van der Waals surface area contributed by atoms with E-state index in [0.717, 1.165) is 40.9 Å². The van der Waals surface area contributed by atoms with Gasteiger partial charge in [0.1, 0.15) is 29.2 Å². The van der Waals surface area contributed by atoms with Crippen molar-refractivity contribution >= 4 is 39.4 Å².